The van der Waals surface area contributed by atoms with Crippen LogP contribution < -0.4 is 0 Å². The smallest absolute Gasteiger partial charge is 0.410 e. The molecule has 0 saturated carbocycles. The third kappa shape index (κ3) is 3.75. The third-order valence-corrected chi connectivity index (χ3v) is 4.11. The fourth-order valence-corrected chi connectivity index (χ4v) is 3.00. The summed E-state index contributed by atoms with van der Waals surface area (Å²) in [6.07, 6.45) is 3.50. The van der Waals surface area contributed by atoms with Gasteiger partial charge in [0, 0.05) is 38.6 Å². The number of carbonyl (C=O) groups excluding carboxylic acids is 2. The molecule has 0 saturated heterocycles. The summed E-state index contributed by atoms with van der Waals surface area (Å²) in [6, 6.07) is 3.75. The van der Waals surface area contributed by atoms with Gasteiger partial charge in [-0.2, -0.15) is 0 Å². The Bertz CT molecular complexity index is 658. The van der Waals surface area contributed by atoms with E-state index in [-0.39, 0.29) is 12.0 Å². The Morgan fingerprint density at radius 3 is 2.29 bits per heavy atom. The largest absolute Gasteiger partial charge is 0.444 e. The van der Waals surface area contributed by atoms with E-state index in [2.05, 4.69) is 4.98 Å². The molecule has 6 nitrogen and oxygen atoms in total. The van der Waals surface area contributed by atoms with Gasteiger partial charge < -0.3 is 14.5 Å². The molecule has 0 fully saturated rings. The van der Waals surface area contributed by atoms with E-state index < -0.39 is 5.60 Å². The van der Waals surface area contributed by atoms with E-state index in [0.717, 1.165) is 5.56 Å². The van der Waals surface area contributed by atoms with Crippen LogP contribution in [-0.2, 0) is 16.0 Å². The standard InChI is InChI=1S/C18H23N3O3/c1-18(2,3)24-17(23)21-11-14-9-20(10-15(14)12-21)16(22)7-13-5-4-6-19-8-13/h4-6,8H,7,9-12H2,1-3H3. The van der Waals surface area contributed by atoms with Crippen molar-refractivity contribution in [3.63, 3.8) is 0 Å². The normalized spacial score (nSPS) is 17.3. The van der Waals surface area contributed by atoms with E-state index in [4.69, 9.17) is 4.74 Å². The van der Waals surface area contributed by atoms with Gasteiger partial charge in [-0.25, -0.2) is 4.79 Å². The second kappa shape index (κ2) is 6.26. The van der Waals surface area contributed by atoms with Crippen LogP contribution in [0.1, 0.15) is 26.3 Å². The molecule has 3 rings (SSSR count). The first-order valence-electron chi connectivity index (χ1n) is 8.16. The van der Waals surface area contributed by atoms with Gasteiger partial charge in [0.25, 0.3) is 0 Å². The summed E-state index contributed by atoms with van der Waals surface area (Å²) >= 11 is 0. The van der Waals surface area contributed by atoms with Crippen molar-refractivity contribution in [3.05, 3.63) is 41.2 Å². The molecule has 0 bridgehead atoms. The third-order valence-electron chi connectivity index (χ3n) is 4.11. The number of rotatable bonds is 2. The molecule has 24 heavy (non-hydrogen) atoms. The van der Waals surface area contributed by atoms with Crippen molar-refractivity contribution in [2.45, 2.75) is 32.8 Å². The zero-order valence-electron chi connectivity index (χ0n) is 14.4. The second-order valence-corrected chi connectivity index (χ2v) is 7.33. The van der Waals surface area contributed by atoms with Gasteiger partial charge in [0.1, 0.15) is 5.60 Å². The minimum atomic E-state index is -0.490. The van der Waals surface area contributed by atoms with Gasteiger partial charge in [-0.05, 0) is 43.5 Å². The highest BCUT2D eigenvalue weighted by atomic mass is 16.6. The van der Waals surface area contributed by atoms with Crippen molar-refractivity contribution in [2.75, 3.05) is 26.2 Å². The molecule has 0 atom stereocenters. The highest BCUT2D eigenvalue weighted by molar-refractivity contribution is 5.80. The monoisotopic (exact) mass is 329 g/mol. The number of pyridine rings is 1. The lowest BCUT2D eigenvalue weighted by atomic mass is 10.2. The van der Waals surface area contributed by atoms with Gasteiger partial charge in [-0.3, -0.25) is 9.78 Å². The zero-order chi connectivity index (χ0) is 17.3. The van der Waals surface area contributed by atoms with Crippen LogP contribution in [-0.4, -0.2) is 58.6 Å². The van der Waals surface area contributed by atoms with Crippen LogP contribution in [0, 0.1) is 0 Å². The Kier molecular flexibility index (Phi) is 4.30. The van der Waals surface area contributed by atoms with Crippen LogP contribution in [0.15, 0.2) is 35.7 Å². The first-order valence-corrected chi connectivity index (χ1v) is 8.16. The van der Waals surface area contributed by atoms with Crippen molar-refractivity contribution < 1.29 is 14.3 Å². The number of hydrogen-bond acceptors (Lipinski definition) is 4. The molecule has 0 unspecified atom stereocenters. The zero-order valence-corrected chi connectivity index (χ0v) is 14.4. The summed E-state index contributed by atoms with van der Waals surface area (Å²) in [6.45, 7) is 7.91. The van der Waals surface area contributed by atoms with E-state index in [1.165, 1.54) is 11.1 Å². The maximum absolute atomic E-state index is 12.4. The lowest BCUT2D eigenvalue weighted by Crippen LogP contribution is -2.39. The van der Waals surface area contributed by atoms with Crippen LogP contribution >= 0.6 is 0 Å². The number of nitrogens with zero attached hydrogens (tertiary/aromatic N) is 3. The van der Waals surface area contributed by atoms with Crippen LogP contribution in [0.25, 0.3) is 0 Å². The highest BCUT2D eigenvalue weighted by Crippen LogP contribution is 2.27. The molecule has 0 N–H and O–H groups in total. The molecular formula is C18H23N3O3. The fraction of sp³-hybridized carbons (Fsp3) is 0.500. The van der Waals surface area contributed by atoms with Crippen molar-refractivity contribution in [2.24, 2.45) is 0 Å². The molecule has 128 valence electrons. The van der Waals surface area contributed by atoms with Gasteiger partial charge in [-0.1, -0.05) is 6.07 Å². The molecule has 2 amide bonds. The summed E-state index contributed by atoms with van der Waals surface area (Å²) < 4.78 is 5.41. The van der Waals surface area contributed by atoms with Gasteiger partial charge >= 0.3 is 6.09 Å². The minimum absolute atomic E-state index is 0.0984. The average Bonchev–Trinajstić information content (AvgIpc) is 3.05. The maximum atomic E-state index is 12.4. The summed E-state index contributed by atoms with van der Waals surface area (Å²) in [5.74, 6) is 0.0984. The minimum Gasteiger partial charge on any atom is -0.444 e. The number of amides is 2. The Balaban J connectivity index is 1.52. The summed E-state index contributed by atoms with van der Waals surface area (Å²) in [5, 5.41) is 0. The molecule has 2 aliphatic heterocycles. The molecule has 0 spiro atoms. The van der Waals surface area contributed by atoms with E-state index >= 15 is 0 Å². The second-order valence-electron chi connectivity index (χ2n) is 7.33. The predicted octanol–water partition coefficient (Wildman–Crippen LogP) is 2.01. The van der Waals surface area contributed by atoms with Crippen LogP contribution in [0.3, 0.4) is 0 Å². The van der Waals surface area contributed by atoms with E-state index in [9.17, 15) is 9.59 Å². The Hall–Kier alpha value is -2.37. The SMILES string of the molecule is CC(C)(C)OC(=O)N1CC2=C(CN(C(=O)Cc3cccnc3)C2)C1. The van der Waals surface area contributed by atoms with Crippen molar-refractivity contribution in [1.29, 1.82) is 0 Å². The highest BCUT2D eigenvalue weighted by Gasteiger charge is 2.35. The number of ether oxygens (including phenoxy) is 1. The maximum Gasteiger partial charge on any atom is 0.410 e. The molecular weight excluding hydrogens is 306 g/mol. The number of hydrogen-bond donors (Lipinski definition) is 0. The van der Waals surface area contributed by atoms with E-state index in [0.29, 0.717) is 32.6 Å². The van der Waals surface area contributed by atoms with Crippen molar-refractivity contribution in [1.82, 2.24) is 14.8 Å². The van der Waals surface area contributed by atoms with Crippen LogP contribution in [0.2, 0.25) is 0 Å². The number of aromatic nitrogens is 1. The topological polar surface area (TPSA) is 62.7 Å². The quantitative estimate of drug-likeness (QED) is 0.779. The molecule has 6 heteroatoms. The molecule has 3 heterocycles. The molecule has 0 radical (unpaired) electrons. The van der Waals surface area contributed by atoms with Crippen molar-refractivity contribution >= 4 is 12.0 Å². The summed E-state index contributed by atoms with van der Waals surface area (Å²) in [5.41, 5.74) is 2.77. The lowest BCUT2D eigenvalue weighted by Gasteiger charge is -2.26. The molecule has 2 aliphatic rings. The molecule has 1 aromatic rings. The van der Waals surface area contributed by atoms with Gasteiger partial charge in [0.2, 0.25) is 5.91 Å². The summed E-state index contributed by atoms with van der Waals surface area (Å²) in [7, 11) is 0. The average molecular weight is 329 g/mol. The lowest BCUT2D eigenvalue weighted by molar-refractivity contribution is -0.129. The van der Waals surface area contributed by atoms with E-state index in [1.807, 2.05) is 37.8 Å². The Morgan fingerprint density at radius 2 is 1.75 bits per heavy atom. The van der Waals surface area contributed by atoms with Crippen LogP contribution in [0.4, 0.5) is 4.79 Å². The molecule has 0 aliphatic carbocycles. The van der Waals surface area contributed by atoms with Crippen molar-refractivity contribution in [3.8, 4) is 0 Å². The Morgan fingerprint density at radius 1 is 1.12 bits per heavy atom. The van der Waals surface area contributed by atoms with Gasteiger partial charge in [-0.15, -0.1) is 0 Å². The fourth-order valence-electron chi connectivity index (χ4n) is 3.00. The van der Waals surface area contributed by atoms with Gasteiger partial charge in [0.15, 0.2) is 0 Å². The molecule has 0 aromatic carbocycles. The molecule has 1 aromatic heterocycles. The van der Waals surface area contributed by atoms with Crippen LogP contribution in [0.5, 0.6) is 0 Å². The number of carbonyl (C=O) groups is 2. The first-order chi connectivity index (χ1) is 11.3. The predicted molar refractivity (Wildman–Crippen MR) is 89.4 cm³/mol. The summed E-state index contributed by atoms with van der Waals surface area (Å²) in [4.78, 5) is 32.2. The van der Waals surface area contributed by atoms with Gasteiger partial charge in [0.05, 0.1) is 6.42 Å². The first kappa shape index (κ1) is 16.5. The van der Waals surface area contributed by atoms with E-state index in [1.54, 1.807) is 17.3 Å². The Labute approximate surface area is 142 Å².